The second kappa shape index (κ2) is 3.04. The van der Waals surface area contributed by atoms with Gasteiger partial charge >= 0.3 is 0 Å². The van der Waals surface area contributed by atoms with Crippen LogP contribution in [0.15, 0.2) is 24.3 Å². The topological polar surface area (TPSA) is 20.2 Å². The van der Waals surface area contributed by atoms with E-state index in [4.69, 9.17) is 0 Å². The van der Waals surface area contributed by atoms with Crippen LogP contribution in [0, 0.1) is 5.82 Å². The summed E-state index contributed by atoms with van der Waals surface area (Å²) in [4.78, 5) is 0.859. The molecule has 1 aromatic carbocycles. The molecule has 0 unspecified atom stereocenters. The van der Waals surface area contributed by atoms with Crippen LogP contribution in [0.4, 0.5) is 4.39 Å². The number of rotatable bonds is 1. The van der Waals surface area contributed by atoms with Gasteiger partial charge < -0.3 is 5.11 Å². The van der Waals surface area contributed by atoms with E-state index in [0.717, 1.165) is 15.0 Å². The molecule has 0 saturated carbocycles. The molecule has 0 aliphatic carbocycles. The van der Waals surface area contributed by atoms with Crippen LogP contribution in [0.5, 0.6) is 0 Å². The summed E-state index contributed by atoms with van der Waals surface area (Å²) in [5.41, 5.74) is -0.847. The third-order valence-corrected chi connectivity index (χ3v) is 3.50. The predicted octanol–water partition coefficient (Wildman–Crippen LogP) is 3.27. The Kier molecular flexibility index (Phi) is 2.09. The second-order valence-corrected chi connectivity index (χ2v) is 4.94. The lowest BCUT2D eigenvalue weighted by Gasteiger charge is -2.13. The molecule has 0 radical (unpaired) electrons. The summed E-state index contributed by atoms with van der Waals surface area (Å²) in [5.74, 6) is -0.235. The molecule has 0 fully saturated rings. The maximum Gasteiger partial charge on any atom is 0.124 e. The van der Waals surface area contributed by atoms with Crippen LogP contribution in [0.1, 0.15) is 18.7 Å². The van der Waals surface area contributed by atoms with Crippen molar-refractivity contribution in [2.45, 2.75) is 19.4 Å². The smallest absolute Gasteiger partial charge is 0.124 e. The Morgan fingerprint density at radius 2 is 2.00 bits per heavy atom. The van der Waals surface area contributed by atoms with E-state index in [-0.39, 0.29) is 5.82 Å². The first-order valence-corrected chi connectivity index (χ1v) is 5.20. The highest BCUT2D eigenvalue weighted by atomic mass is 32.1. The van der Waals surface area contributed by atoms with Crippen molar-refractivity contribution < 1.29 is 9.50 Å². The standard InChI is InChI=1S/C11H11FOS/c1-11(2,13)10-5-7-3-4-8(12)6-9(7)14-10/h3-6,13H,1-2H3. The molecule has 0 saturated heterocycles. The van der Waals surface area contributed by atoms with Gasteiger partial charge in [-0.15, -0.1) is 11.3 Å². The fraction of sp³-hybridized carbons (Fsp3) is 0.273. The highest BCUT2D eigenvalue weighted by Crippen LogP contribution is 2.33. The van der Waals surface area contributed by atoms with Crippen molar-refractivity contribution in [3.05, 3.63) is 35.0 Å². The van der Waals surface area contributed by atoms with Crippen molar-refractivity contribution >= 4 is 21.4 Å². The Balaban J connectivity index is 2.63. The number of halogens is 1. The van der Waals surface area contributed by atoms with Gasteiger partial charge in [-0.05, 0) is 37.4 Å². The van der Waals surface area contributed by atoms with Gasteiger partial charge in [-0.3, -0.25) is 0 Å². The largest absolute Gasteiger partial charge is 0.385 e. The first-order chi connectivity index (χ1) is 6.47. The molecule has 0 spiro atoms. The van der Waals surface area contributed by atoms with Gasteiger partial charge in [0.15, 0.2) is 0 Å². The Bertz CT molecular complexity index is 468. The van der Waals surface area contributed by atoms with Crippen LogP contribution in [0.25, 0.3) is 10.1 Å². The van der Waals surface area contributed by atoms with Crippen LogP contribution in [0.3, 0.4) is 0 Å². The molecule has 2 aromatic rings. The van der Waals surface area contributed by atoms with Crippen molar-refractivity contribution in [3.8, 4) is 0 Å². The molecule has 14 heavy (non-hydrogen) atoms. The highest BCUT2D eigenvalue weighted by Gasteiger charge is 2.18. The molecule has 0 aliphatic rings. The fourth-order valence-corrected chi connectivity index (χ4v) is 2.40. The fourth-order valence-electron chi connectivity index (χ4n) is 1.31. The zero-order valence-corrected chi connectivity index (χ0v) is 8.86. The normalized spacial score (nSPS) is 12.3. The average Bonchev–Trinajstić information content (AvgIpc) is 2.45. The lowest BCUT2D eigenvalue weighted by molar-refractivity contribution is 0.0826. The van der Waals surface area contributed by atoms with Crippen molar-refractivity contribution in [1.29, 1.82) is 0 Å². The summed E-state index contributed by atoms with van der Waals surface area (Å²) in [6, 6.07) is 6.56. The zero-order chi connectivity index (χ0) is 10.3. The molecule has 1 aromatic heterocycles. The molecule has 1 nitrogen and oxygen atoms in total. The second-order valence-electron chi connectivity index (χ2n) is 3.85. The molecule has 2 rings (SSSR count). The molecule has 0 bridgehead atoms. The molecule has 0 amide bonds. The summed E-state index contributed by atoms with van der Waals surface area (Å²) < 4.78 is 13.8. The van der Waals surface area contributed by atoms with E-state index < -0.39 is 5.60 Å². The number of fused-ring (bicyclic) bond motifs is 1. The Morgan fingerprint density at radius 1 is 1.29 bits per heavy atom. The van der Waals surface area contributed by atoms with E-state index in [1.165, 1.54) is 23.5 Å². The van der Waals surface area contributed by atoms with Gasteiger partial charge in [-0.25, -0.2) is 4.39 Å². The van der Waals surface area contributed by atoms with Crippen molar-refractivity contribution in [1.82, 2.24) is 0 Å². The van der Waals surface area contributed by atoms with E-state index >= 15 is 0 Å². The number of aliphatic hydroxyl groups is 1. The average molecular weight is 210 g/mol. The van der Waals surface area contributed by atoms with Gasteiger partial charge in [0.05, 0.1) is 5.60 Å². The van der Waals surface area contributed by atoms with Crippen LogP contribution < -0.4 is 0 Å². The minimum Gasteiger partial charge on any atom is -0.385 e. The molecular weight excluding hydrogens is 199 g/mol. The first-order valence-electron chi connectivity index (χ1n) is 4.39. The minimum atomic E-state index is -0.847. The number of benzene rings is 1. The number of hydrogen-bond donors (Lipinski definition) is 1. The maximum absolute atomic E-state index is 12.9. The number of thiophene rings is 1. The lowest BCUT2D eigenvalue weighted by atomic mass is 10.1. The molecule has 0 aliphatic heterocycles. The van der Waals surface area contributed by atoms with E-state index in [1.807, 2.05) is 6.07 Å². The van der Waals surface area contributed by atoms with Gasteiger partial charge in [0.1, 0.15) is 5.82 Å². The van der Waals surface area contributed by atoms with Crippen molar-refractivity contribution in [2.75, 3.05) is 0 Å². The summed E-state index contributed by atoms with van der Waals surface area (Å²) in [5, 5.41) is 10.8. The summed E-state index contributed by atoms with van der Waals surface area (Å²) in [7, 11) is 0. The van der Waals surface area contributed by atoms with Crippen molar-refractivity contribution in [3.63, 3.8) is 0 Å². The molecule has 1 N–H and O–H groups in total. The van der Waals surface area contributed by atoms with Gasteiger partial charge in [0.2, 0.25) is 0 Å². The van der Waals surface area contributed by atoms with Gasteiger partial charge in [-0.1, -0.05) is 6.07 Å². The monoisotopic (exact) mass is 210 g/mol. The van der Waals surface area contributed by atoms with Crippen LogP contribution >= 0.6 is 11.3 Å². The van der Waals surface area contributed by atoms with E-state index in [1.54, 1.807) is 19.9 Å². The molecule has 1 heterocycles. The summed E-state index contributed by atoms with van der Waals surface area (Å²) >= 11 is 1.43. The molecule has 3 heteroatoms. The third kappa shape index (κ3) is 1.65. The zero-order valence-electron chi connectivity index (χ0n) is 8.04. The van der Waals surface area contributed by atoms with Crippen LogP contribution in [0.2, 0.25) is 0 Å². The molecule has 0 atom stereocenters. The van der Waals surface area contributed by atoms with E-state index in [0.29, 0.717) is 0 Å². The highest BCUT2D eigenvalue weighted by molar-refractivity contribution is 7.19. The quantitative estimate of drug-likeness (QED) is 0.766. The summed E-state index contributed by atoms with van der Waals surface area (Å²) in [6.07, 6.45) is 0. The van der Waals surface area contributed by atoms with Crippen LogP contribution in [-0.2, 0) is 5.60 Å². The first kappa shape index (κ1) is 9.62. The van der Waals surface area contributed by atoms with Gasteiger partial charge in [-0.2, -0.15) is 0 Å². The Morgan fingerprint density at radius 3 is 2.64 bits per heavy atom. The summed E-state index contributed by atoms with van der Waals surface area (Å²) in [6.45, 7) is 3.46. The SMILES string of the molecule is CC(C)(O)c1cc2ccc(F)cc2s1. The Labute approximate surface area is 85.8 Å². The van der Waals surface area contributed by atoms with Crippen LogP contribution in [-0.4, -0.2) is 5.11 Å². The minimum absolute atomic E-state index is 0.235. The third-order valence-electron chi connectivity index (χ3n) is 2.09. The van der Waals surface area contributed by atoms with E-state index in [2.05, 4.69) is 0 Å². The van der Waals surface area contributed by atoms with E-state index in [9.17, 15) is 9.50 Å². The van der Waals surface area contributed by atoms with Gasteiger partial charge in [0, 0.05) is 9.58 Å². The molecule has 74 valence electrons. The predicted molar refractivity (Wildman–Crippen MR) is 57.0 cm³/mol. The molecular formula is C11H11FOS. The van der Waals surface area contributed by atoms with Crippen molar-refractivity contribution in [2.24, 2.45) is 0 Å². The lowest BCUT2D eigenvalue weighted by Crippen LogP contribution is -2.12. The van der Waals surface area contributed by atoms with Gasteiger partial charge in [0.25, 0.3) is 0 Å². The maximum atomic E-state index is 12.9. The number of hydrogen-bond acceptors (Lipinski definition) is 2. The Hall–Kier alpha value is -0.930.